The lowest BCUT2D eigenvalue weighted by atomic mass is 10.2. The number of nitrogens with zero attached hydrogens (tertiary/aromatic N) is 3. The van der Waals surface area contributed by atoms with Crippen LogP contribution >= 0.6 is 27.4 Å². The molecule has 1 unspecified atom stereocenters. The second kappa shape index (κ2) is 11.0. The van der Waals surface area contributed by atoms with Gasteiger partial charge in [0.15, 0.2) is 0 Å². The Bertz CT molecular complexity index is 1070. The molecule has 1 aromatic rings. The molecule has 0 bridgehead atoms. The molecule has 0 saturated carbocycles. The Morgan fingerprint density at radius 1 is 1.21 bits per heavy atom. The molecule has 0 amide bonds. The van der Waals surface area contributed by atoms with Gasteiger partial charge in [0.1, 0.15) is 22.4 Å². The molecule has 33 heavy (non-hydrogen) atoms. The third kappa shape index (κ3) is 8.40. The fraction of sp³-hybridized carbons (Fsp3) is 0.438. The molecule has 0 fully saturated rings. The van der Waals surface area contributed by atoms with Crippen molar-refractivity contribution in [1.82, 2.24) is 14.9 Å². The van der Waals surface area contributed by atoms with Crippen LogP contribution < -0.4 is 5.73 Å². The maximum atomic E-state index is 11.6. The zero-order valence-electron chi connectivity index (χ0n) is 17.6. The first-order valence-corrected chi connectivity index (χ1v) is 13.1. The number of nitrogens with two attached hydrogens (primary N) is 1. The number of phosphoric ester groups is 1. The lowest BCUT2D eigenvalue weighted by molar-refractivity contribution is -0.137. The number of nitrogen functional groups attached to an aromatic ring is 1. The first-order valence-electron chi connectivity index (χ1n) is 9.30. The number of carbonyl (C=O) groups is 1. The van der Waals surface area contributed by atoms with Gasteiger partial charge >= 0.3 is 21.6 Å². The Morgan fingerprint density at radius 3 is 2.45 bits per heavy atom. The van der Waals surface area contributed by atoms with Crippen molar-refractivity contribution >= 4 is 39.2 Å². The van der Waals surface area contributed by atoms with Crippen molar-refractivity contribution < 1.29 is 47.7 Å². The number of aromatic nitrogens is 2. The lowest BCUT2D eigenvalue weighted by Gasteiger charge is -2.23. The molecule has 0 saturated heterocycles. The standard InChI is InChI=1S/C16H24N4O10P2S/c1-9-13(5-6-29-32(27,28)30-31(24,25)26)33-16(12(21)3-4-14(22)23)20(9)8-11-7-18-10(2)19-15(11)17/h7,21H,3-6,8H2,1-2H3,(H,22,23)(H,27,28)(H2,17,18,19)(H2,24,25,26)/b16-12-. The van der Waals surface area contributed by atoms with Crippen LogP contribution in [-0.2, 0) is 29.3 Å². The van der Waals surface area contributed by atoms with Crippen LogP contribution in [0.1, 0.15) is 37.6 Å². The monoisotopic (exact) mass is 526 g/mol. The number of aliphatic carboxylic acids is 1. The maximum absolute atomic E-state index is 11.6. The van der Waals surface area contributed by atoms with Crippen LogP contribution in [0.3, 0.4) is 0 Å². The number of allylic oxidation sites excluding steroid dienone is 2. The van der Waals surface area contributed by atoms with E-state index in [1.54, 1.807) is 18.7 Å². The van der Waals surface area contributed by atoms with E-state index >= 15 is 0 Å². The number of aryl methyl sites for hydroxylation is 1. The van der Waals surface area contributed by atoms with Gasteiger partial charge in [-0.25, -0.2) is 19.1 Å². The van der Waals surface area contributed by atoms with Gasteiger partial charge < -0.3 is 35.5 Å². The van der Waals surface area contributed by atoms with Crippen LogP contribution in [0.2, 0.25) is 0 Å². The van der Waals surface area contributed by atoms with Crippen molar-refractivity contribution in [3.63, 3.8) is 0 Å². The smallest absolute Gasteiger partial charge is 0.481 e. The van der Waals surface area contributed by atoms with Crippen molar-refractivity contribution in [2.24, 2.45) is 0 Å². The van der Waals surface area contributed by atoms with E-state index in [1.807, 2.05) is 0 Å². The van der Waals surface area contributed by atoms with Crippen LogP contribution in [0, 0.1) is 6.92 Å². The Labute approximate surface area is 193 Å². The normalized spacial score (nSPS) is 17.9. The zero-order chi connectivity index (χ0) is 25.0. The van der Waals surface area contributed by atoms with E-state index in [9.17, 15) is 23.9 Å². The van der Waals surface area contributed by atoms with Crippen LogP contribution in [0.15, 0.2) is 27.6 Å². The van der Waals surface area contributed by atoms with E-state index in [-0.39, 0.29) is 37.4 Å². The minimum Gasteiger partial charge on any atom is -0.510 e. The van der Waals surface area contributed by atoms with Gasteiger partial charge in [-0.1, -0.05) is 11.8 Å². The summed E-state index contributed by atoms with van der Waals surface area (Å²) >= 11 is 1.09. The molecule has 1 atom stereocenters. The summed E-state index contributed by atoms with van der Waals surface area (Å²) in [5.41, 5.74) is 7.13. The number of thioether (sulfide) groups is 1. The molecule has 0 spiro atoms. The third-order valence-corrected chi connectivity index (χ3v) is 7.82. The molecule has 2 rings (SSSR count). The summed E-state index contributed by atoms with van der Waals surface area (Å²) in [5.74, 6) is -0.558. The molecule has 7 N–H and O–H groups in total. The van der Waals surface area contributed by atoms with E-state index in [2.05, 4.69) is 18.8 Å². The number of aliphatic hydroxyl groups excluding tert-OH is 1. The Hall–Kier alpha value is -1.96. The average molecular weight is 526 g/mol. The summed E-state index contributed by atoms with van der Waals surface area (Å²) in [6.45, 7) is 3.10. The first-order chi connectivity index (χ1) is 15.2. The number of hydrogen-bond donors (Lipinski definition) is 6. The highest BCUT2D eigenvalue weighted by atomic mass is 32.2. The second-order valence-corrected chi connectivity index (χ2v) is 10.7. The van der Waals surface area contributed by atoms with Crippen LogP contribution in [0.25, 0.3) is 0 Å². The van der Waals surface area contributed by atoms with E-state index in [0.717, 1.165) is 11.8 Å². The number of phosphoric acid groups is 2. The Kier molecular flexibility index (Phi) is 9.08. The fourth-order valence-corrected chi connectivity index (χ4v) is 5.53. The van der Waals surface area contributed by atoms with Crippen molar-refractivity contribution in [3.05, 3.63) is 39.0 Å². The SMILES string of the molecule is CC1=C(CCOP(=O)(O)OP(=O)(O)O)S/C(=C(\O)CCC(=O)O)N1Cc1cnc(C)nc1N. The van der Waals surface area contributed by atoms with Gasteiger partial charge in [0.25, 0.3) is 0 Å². The topological polar surface area (TPSA) is 226 Å². The van der Waals surface area contributed by atoms with Crippen LogP contribution in [-0.4, -0.2) is 52.3 Å². The van der Waals surface area contributed by atoms with Crippen molar-refractivity contribution in [1.29, 1.82) is 0 Å². The molecule has 184 valence electrons. The molecule has 1 aliphatic heterocycles. The zero-order valence-corrected chi connectivity index (χ0v) is 20.2. The largest absolute Gasteiger partial charge is 0.510 e. The number of aliphatic hydroxyl groups is 1. The third-order valence-electron chi connectivity index (χ3n) is 4.24. The number of carboxylic acids is 1. The molecule has 0 aromatic carbocycles. The number of rotatable bonds is 11. The van der Waals surface area contributed by atoms with Gasteiger partial charge in [-0.2, -0.15) is 4.31 Å². The maximum Gasteiger partial charge on any atom is 0.481 e. The molecule has 2 heterocycles. The molecular weight excluding hydrogens is 502 g/mol. The van der Waals surface area contributed by atoms with E-state index in [0.29, 0.717) is 27.0 Å². The first kappa shape index (κ1) is 27.3. The molecule has 1 aliphatic rings. The Morgan fingerprint density at radius 2 is 1.88 bits per heavy atom. The molecule has 17 heteroatoms. The van der Waals surface area contributed by atoms with E-state index < -0.39 is 28.2 Å². The van der Waals surface area contributed by atoms with Gasteiger partial charge in [0, 0.05) is 35.2 Å². The fourth-order valence-electron chi connectivity index (χ4n) is 2.73. The van der Waals surface area contributed by atoms with E-state index in [4.69, 9.17) is 20.6 Å². The molecule has 0 aliphatic carbocycles. The highest BCUT2D eigenvalue weighted by Crippen LogP contribution is 2.57. The minimum absolute atomic E-state index is 0.0255. The molecule has 0 radical (unpaired) electrons. The highest BCUT2D eigenvalue weighted by molar-refractivity contribution is 8.07. The van der Waals surface area contributed by atoms with Crippen molar-refractivity contribution in [2.75, 3.05) is 12.3 Å². The van der Waals surface area contributed by atoms with Crippen molar-refractivity contribution in [2.45, 2.75) is 39.7 Å². The van der Waals surface area contributed by atoms with Crippen molar-refractivity contribution in [3.8, 4) is 0 Å². The van der Waals surface area contributed by atoms with Gasteiger partial charge in [-0.15, -0.1) is 0 Å². The predicted molar refractivity (Wildman–Crippen MR) is 117 cm³/mol. The van der Waals surface area contributed by atoms with Crippen LogP contribution in [0.5, 0.6) is 0 Å². The lowest BCUT2D eigenvalue weighted by Crippen LogP contribution is -2.19. The molecular formula is C16H24N4O10P2S. The van der Waals surface area contributed by atoms with Gasteiger partial charge in [-0.3, -0.25) is 9.32 Å². The van der Waals surface area contributed by atoms with E-state index in [1.165, 1.54) is 6.20 Å². The predicted octanol–water partition coefficient (Wildman–Crippen LogP) is 2.36. The summed E-state index contributed by atoms with van der Waals surface area (Å²) in [5, 5.41) is 19.8. The van der Waals surface area contributed by atoms with Crippen LogP contribution in [0.4, 0.5) is 5.82 Å². The van der Waals surface area contributed by atoms with Gasteiger partial charge in [-0.05, 0) is 13.8 Å². The number of anilines is 1. The summed E-state index contributed by atoms with van der Waals surface area (Å²) < 4.78 is 30.7. The van der Waals surface area contributed by atoms with Gasteiger partial charge in [0.2, 0.25) is 0 Å². The highest BCUT2D eigenvalue weighted by Gasteiger charge is 2.33. The van der Waals surface area contributed by atoms with Gasteiger partial charge in [0.05, 0.1) is 19.6 Å². The molecule has 14 nitrogen and oxygen atoms in total. The minimum atomic E-state index is -5.24. The second-order valence-electron chi connectivity index (χ2n) is 6.79. The Balaban J connectivity index is 2.24. The quantitative estimate of drug-likeness (QED) is 0.180. The average Bonchev–Trinajstić information content (AvgIpc) is 2.96. The number of carboxylic acid groups (broad SMARTS) is 1. The number of hydrogen-bond acceptors (Lipinski definition) is 11. The summed E-state index contributed by atoms with van der Waals surface area (Å²) in [6.07, 6.45) is 1.12. The molecule has 1 aromatic heterocycles. The summed E-state index contributed by atoms with van der Waals surface area (Å²) in [4.78, 5) is 48.1. The summed E-state index contributed by atoms with van der Waals surface area (Å²) in [7, 11) is -10.2. The summed E-state index contributed by atoms with van der Waals surface area (Å²) in [6, 6.07) is 0.